The molecule has 1 rings (SSSR count). The Morgan fingerprint density at radius 3 is 2.58 bits per heavy atom. The summed E-state index contributed by atoms with van der Waals surface area (Å²) < 4.78 is 21.7. The molecule has 0 amide bonds. The van der Waals surface area contributed by atoms with Crippen LogP contribution in [-0.2, 0) is 10.0 Å². The highest BCUT2D eigenvalue weighted by atomic mass is 32.2. The molecule has 0 aliphatic carbocycles. The Labute approximate surface area is 72.3 Å². The number of nitrogens with two attached hydrogens (primary N) is 1. The Morgan fingerprint density at radius 2 is 2.08 bits per heavy atom. The van der Waals surface area contributed by atoms with Gasteiger partial charge in [0, 0.05) is 11.8 Å². The molecule has 2 N–H and O–H groups in total. The molecular formula is C8H9NO2S. The second-order valence-electron chi connectivity index (χ2n) is 2.32. The normalized spacial score (nSPS) is 11.1. The molecule has 0 spiro atoms. The molecule has 0 fully saturated rings. The van der Waals surface area contributed by atoms with E-state index in [0.29, 0.717) is 0 Å². The van der Waals surface area contributed by atoms with Gasteiger partial charge in [-0.05, 0) is 6.42 Å². The topological polar surface area (TPSA) is 60.2 Å². The summed E-state index contributed by atoms with van der Waals surface area (Å²) in [5.74, 6) is 0. The van der Waals surface area contributed by atoms with Gasteiger partial charge in [-0.25, -0.2) is 13.6 Å². The molecule has 1 aromatic rings. The first-order valence-electron chi connectivity index (χ1n) is 3.29. The third kappa shape index (κ3) is 1.93. The minimum absolute atomic E-state index is 0.111. The van der Waals surface area contributed by atoms with E-state index in [1.807, 2.05) is 0 Å². The first kappa shape index (κ1) is 8.96. The van der Waals surface area contributed by atoms with Gasteiger partial charge >= 0.3 is 0 Å². The van der Waals surface area contributed by atoms with Crippen LogP contribution in [0.4, 0.5) is 0 Å². The molecule has 3 nitrogen and oxygen atoms in total. The van der Waals surface area contributed by atoms with Gasteiger partial charge in [0.2, 0.25) is 10.0 Å². The van der Waals surface area contributed by atoms with Gasteiger partial charge in [-0.15, -0.1) is 17.7 Å². The molecule has 64 valence electrons. The number of primary sulfonamides is 1. The Hall–Kier alpha value is -1.13. The lowest BCUT2D eigenvalue weighted by molar-refractivity contribution is 0.597. The van der Waals surface area contributed by atoms with Crippen molar-refractivity contribution in [3.05, 3.63) is 43.2 Å². The number of rotatable bonds is 2. The third-order valence-electron chi connectivity index (χ3n) is 1.42. The van der Waals surface area contributed by atoms with E-state index in [0.717, 1.165) is 5.56 Å². The summed E-state index contributed by atoms with van der Waals surface area (Å²) in [5.41, 5.74) is 0.738. The Morgan fingerprint density at radius 1 is 1.42 bits per heavy atom. The van der Waals surface area contributed by atoms with E-state index in [9.17, 15) is 8.42 Å². The van der Waals surface area contributed by atoms with Crippen LogP contribution in [0.1, 0.15) is 5.56 Å². The number of sulfonamides is 1. The zero-order valence-electron chi connectivity index (χ0n) is 6.40. The van der Waals surface area contributed by atoms with Gasteiger partial charge in [-0.2, -0.15) is 6.07 Å². The largest absolute Gasteiger partial charge is 0.226 e. The molecular weight excluding hydrogens is 174 g/mol. The average molecular weight is 183 g/mol. The molecule has 0 saturated heterocycles. The van der Waals surface area contributed by atoms with Crippen LogP contribution in [-0.4, -0.2) is 8.42 Å². The number of hydrogen-bond acceptors (Lipinski definition) is 2. The molecule has 0 bridgehead atoms. The summed E-state index contributed by atoms with van der Waals surface area (Å²) in [6.07, 6.45) is 1.56. The minimum Gasteiger partial charge on any atom is -0.226 e. The van der Waals surface area contributed by atoms with E-state index >= 15 is 0 Å². The molecule has 0 aromatic heterocycles. The Kier molecular flexibility index (Phi) is 2.30. The fraction of sp³-hybridized carbons (Fsp3) is 0. The van der Waals surface area contributed by atoms with E-state index in [1.165, 1.54) is 12.1 Å². The lowest BCUT2D eigenvalue weighted by Crippen LogP contribution is -2.12. The first-order valence-corrected chi connectivity index (χ1v) is 4.84. The zero-order chi connectivity index (χ0) is 9.19. The summed E-state index contributed by atoms with van der Waals surface area (Å²) in [6.45, 7) is 3.52. The molecule has 0 aliphatic heterocycles. The maximum atomic E-state index is 10.8. The van der Waals surface area contributed by atoms with E-state index in [4.69, 9.17) is 5.14 Å². The number of hydrogen-bond donors (Lipinski definition) is 1. The van der Waals surface area contributed by atoms with Crippen molar-refractivity contribution in [3.8, 4) is 0 Å². The van der Waals surface area contributed by atoms with Crippen molar-refractivity contribution in [3.63, 3.8) is 0 Å². The van der Waals surface area contributed by atoms with Crippen molar-refractivity contribution < 1.29 is 8.42 Å². The molecule has 4 heteroatoms. The van der Waals surface area contributed by atoms with Gasteiger partial charge in [-0.1, -0.05) is 6.07 Å². The highest BCUT2D eigenvalue weighted by Gasteiger charge is 2.02. The fourth-order valence-corrected chi connectivity index (χ4v) is 1.39. The molecule has 0 radical (unpaired) electrons. The second-order valence-corrected chi connectivity index (χ2v) is 3.88. The van der Waals surface area contributed by atoms with Crippen LogP contribution in [0.3, 0.4) is 0 Å². The van der Waals surface area contributed by atoms with Gasteiger partial charge in [0.05, 0.1) is 0 Å². The van der Waals surface area contributed by atoms with Crippen LogP contribution in [0.2, 0.25) is 0 Å². The molecule has 1 aromatic carbocycles. The smallest absolute Gasteiger partial charge is 0.226 e. The third-order valence-corrected chi connectivity index (χ3v) is 2.33. The summed E-state index contributed by atoms with van der Waals surface area (Å²) in [6, 6.07) is 6.29. The van der Waals surface area contributed by atoms with Crippen LogP contribution in [0.5, 0.6) is 0 Å². The maximum Gasteiger partial charge on any atom is 0.226 e. The molecule has 0 unspecified atom stereocenters. The fourth-order valence-electron chi connectivity index (χ4n) is 0.818. The highest BCUT2D eigenvalue weighted by molar-refractivity contribution is 7.89. The predicted octanol–water partition coefficient (Wildman–Crippen LogP) is 0.720. The maximum absolute atomic E-state index is 10.8. The zero-order valence-corrected chi connectivity index (χ0v) is 7.21. The van der Waals surface area contributed by atoms with Crippen molar-refractivity contribution in [2.45, 2.75) is 4.90 Å². The average Bonchev–Trinajstić information content (AvgIpc) is 2.03. The first-order chi connectivity index (χ1) is 5.54. The van der Waals surface area contributed by atoms with Gasteiger partial charge in [-0.3, -0.25) is 0 Å². The second kappa shape index (κ2) is 3.08. The molecule has 12 heavy (non-hydrogen) atoms. The SMILES string of the molecule is [CH2+][CH-]c1cccc(S(N)(=O)=O)c1. The van der Waals surface area contributed by atoms with Crippen LogP contribution in [0.15, 0.2) is 29.2 Å². The van der Waals surface area contributed by atoms with Crippen molar-refractivity contribution in [1.29, 1.82) is 0 Å². The summed E-state index contributed by atoms with van der Waals surface area (Å²) in [7, 11) is -3.58. The standard InChI is InChI=1S/C8H9NO2S/c1-2-7-4-3-5-8(6-7)12(9,10)11/h2-6H,1H2,(H2,9,10,11). The molecule has 0 aliphatic rings. The van der Waals surface area contributed by atoms with E-state index in [1.54, 1.807) is 18.6 Å². The Bertz CT molecular complexity index is 370. The van der Waals surface area contributed by atoms with Crippen molar-refractivity contribution >= 4 is 10.0 Å². The van der Waals surface area contributed by atoms with E-state index < -0.39 is 10.0 Å². The summed E-state index contributed by atoms with van der Waals surface area (Å²) in [4.78, 5) is 0.111. The minimum atomic E-state index is -3.58. The van der Waals surface area contributed by atoms with Crippen LogP contribution in [0.25, 0.3) is 0 Å². The van der Waals surface area contributed by atoms with Crippen LogP contribution >= 0.6 is 0 Å². The van der Waals surface area contributed by atoms with Gasteiger partial charge in [0.1, 0.15) is 0 Å². The molecule has 0 saturated carbocycles. The molecule has 0 heterocycles. The Balaban J connectivity index is 3.20. The van der Waals surface area contributed by atoms with E-state index in [2.05, 4.69) is 6.92 Å². The highest BCUT2D eigenvalue weighted by Crippen LogP contribution is 2.10. The van der Waals surface area contributed by atoms with E-state index in [-0.39, 0.29) is 4.90 Å². The van der Waals surface area contributed by atoms with Gasteiger partial charge < -0.3 is 0 Å². The predicted molar refractivity (Wildman–Crippen MR) is 46.6 cm³/mol. The van der Waals surface area contributed by atoms with Crippen molar-refractivity contribution in [1.82, 2.24) is 0 Å². The summed E-state index contributed by atoms with van der Waals surface area (Å²) >= 11 is 0. The van der Waals surface area contributed by atoms with Gasteiger partial charge in [0.25, 0.3) is 0 Å². The lowest BCUT2D eigenvalue weighted by Gasteiger charge is -2.04. The molecule has 0 atom stereocenters. The van der Waals surface area contributed by atoms with Crippen molar-refractivity contribution in [2.75, 3.05) is 0 Å². The number of benzene rings is 1. The lowest BCUT2D eigenvalue weighted by atomic mass is 10.2. The quantitative estimate of drug-likeness (QED) is 0.687. The van der Waals surface area contributed by atoms with Crippen LogP contribution < -0.4 is 5.14 Å². The van der Waals surface area contributed by atoms with Crippen molar-refractivity contribution in [2.24, 2.45) is 5.14 Å². The van der Waals surface area contributed by atoms with Crippen LogP contribution in [0, 0.1) is 13.3 Å². The summed E-state index contributed by atoms with van der Waals surface area (Å²) in [5, 5.41) is 4.92. The van der Waals surface area contributed by atoms with Gasteiger partial charge in [0.15, 0.2) is 0 Å². The monoisotopic (exact) mass is 183 g/mol.